The van der Waals surface area contributed by atoms with E-state index in [4.69, 9.17) is 4.74 Å². The van der Waals surface area contributed by atoms with Gasteiger partial charge >= 0.3 is 12.3 Å². The van der Waals surface area contributed by atoms with Gasteiger partial charge in [-0.3, -0.25) is 4.79 Å². The lowest BCUT2D eigenvalue weighted by molar-refractivity contribution is -0.138. The minimum Gasteiger partial charge on any atom is -0.390 e. The van der Waals surface area contributed by atoms with Crippen molar-refractivity contribution < 1.29 is 36.3 Å². The minimum absolute atomic E-state index is 0.156. The first-order chi connectivity index (χ1) is 18.0. The van der Waals surface area contributed by atoms with Gasteiger partial charge in [0.15, 0.2) is 5.82 Å². The second-order valence-corrected chi connectivity index (χ2v) is 8.37. The second-order valence-electron chi connectivity index (χ2n) is 8.37. The van der Waals surface area contributed by atoms with Gasteiger partial charge < -0.3 is 19.9 Å². The molecule has 38 heavy (non-hydrogen) atoms. The number of hydrogen-bond donors (Lipinski definition) is 1. The molecule has 0 radical (unpaired) electrons. The highest BCUT2D eigenvalue weighted by atomic mass is 19.4. The Bertz CT molecular complexity index is 1260. The van der Waals surface area contributed by atoms with Crippen LogP contribution < -0.4 is 15.0 Å². The Kier molecular flexibility index (Phi) is 7.74. The van der Waals surface area contributed by atoms with E-state index in [1.807, 2.05) is 5.32 Å². The van der Waals surface area contributed by atoms with Crippen LogP contribution in [-0.2, 0) is 12.1 Å². The highest BCUT2D eigenvalue weighted by molar-refractivity contribution is 5.96. The maximum atomic E-state index is 14.2. The lowest BCUT2D eigenvalue weighted by Gasteiger charge is -2.35. The van der Waals surface area contributed by atoms with E-state index < -0.39 is 41.8 Å². The summed E-state index contributed by atoms with van der Waals surface area (Å²) >= 11 is 0. The van der Waals surface area contributed by atoms with Gasteiger partial charge in [0.25, 0.3) is 11.8 Å². The lowest BCUT2D eigenvalue weighted by atomic mass is 10.1. The maximum absolute atomic E-state index is 14.2. The first kappa shape index (κ1) is 26.8. The average molecular weight is 535 g/mol. The zero-order valence-electron chi connectivity index (χ0n) is 19.8. The van der Waals surface area contributed by atoms with E-state index >= 15 is 0 Å². The molecule has 0 aliphatic carbocycles. The molecular weight excluding hydrogens is 513 g/mol. The van der Waals surface area contributed by atoms with Gasteiger partial charge in [-0.1, -0.05) is 42.5 Å². The van der Waals surface area contributed by atoms with Crippen LogP contribution in [0.2, 0.25) is 0 Å². The molecule has 2 amide bonds. The van der Waals surface area contributed by atoms with Gasteiger partial charge in [-0.25, -0.2) is 4.79 Å². The highest BCUT2D eigenvalue weighted by Crippen LogP contribution is 2.32. The van der Waals surface area contributed by atoms with Crippen LogP contribution in [-0.4, -0.2) is 59.8 Å². The van der Waals surface area contributed by atoms with Crippen molar-refractivity contribution in [2.45, 2.75) is 12.1 Å². The van der Waals surface area contributed by atoms with Gasteiger partial charge in [-0.15, -0.1) is 10.2 Å². The Morgan fingerprint density at radius 2 is 1.50 bits per heavy atom. The molecule has 2 heterocycles. The number of benzene rings is 2. The third kappa shape index (κ3) is 6.33. The summed E-state index contributed by atoms with van der Waals surface area (Å²) < 4.78 is 73.1. The molecular formula is C25H22F5N5O3. The quantitative estimate of drug-likeness (QED) is 0.473. The summed E-state index contributed by atoms with van der Waals surface area (Å²) in [6.07, 6.45) is -5.78. The van der Waals surface area contributed by atoms with Crippen LogP contribution >= 0.6 is 0 Å². The number of anilines is 1. The standard InChI is InChI=1S/C25H22F5N5O3/c26-24(27,17-6-2-1-3-7-17)16-31-23(37)38-21-11-10-20(32-33-21)34-12-14-35(15-13-34)22(36)18-8-4-5-9-19(18)25(28,29)30/h1-11H,12-16H2,(H,31,37). The summed E-state index contributed by atoms with van der Waals surface area (Å²) in [5.74, 6) is -3.84. The number of piperazine rings is 1. The number of carbonyl (C=O) groups is 2. The molecule has 1 N–H and O–H groups in total. The second kappa shape index (κ2) is 11.0. The molecule has 0 atom stereocenters. The molecule has 3 aromatic rings. The molecule has 0 saturated carbocycles. The van der Waals surface area contributed by atoms with Gasteiger partial charge in [0.05, 0.1) is 17.7 Å². The topological polar surface area (TPSA) is 87.7 Å². The first-order valence-electron chi connectivity index (χ1n) is 11.5. The first-order valence-corrected chi connectivity index (χ1v) is 11.5. The van der Waals surface area contributed by atoms with Crippen LogP contribution in [0.5, 0.6) is 5.88 Å². The predicted molar refractivity (Wildman–Crippen MR) is 126 cm³/mol. The molecule has 1 aromatic heterocycles. The minimum atomic E-state index is -4.65. The van der Waals surface area contributed by atoms with E-state index in [0.717, 1.165) is 12.1 Å². The molecule has 1 aliphatic heterocycles. The smallest absolute Gasteiger partial charge is 0.390 e. The third-order valence-electron chi connectivity index (χ3n) is 5.83. The van der Waals surface area contributed by atoms with Crippen LogP contribution in [0.15, 0.2) is 66.7 Å². The molecule has 4 rings (SSSR count). The molecule has 8 nitrogen and oxygen atoms in total. The summed E-state index contributed by atoms with van der Waals surface area (Å²) in [6.45, 7) is -0.0997. The normalized spacial score (nSPS) is 14.2. The van der Waals surface area contributed by atoms with E-state index in [1.54, 1.807) is 11.0 Å². The van der Waals surface area contributed by atoms with Crippen LogP contribution in [0, 0.1) is 0 Å². The van der Waals surface area contributed by atoms with Crippen molar-refractivity contribution in [3.8, 4) is 5.88 Å². The number of halogens is 5. The fourth-order valence-corrected chi connectivity index (χ4v) is 3.86. The molecule has 1 saturated heterocycles. The van der Waals surface area contributed by atoms with E-state index in [1.165, 1.54) is 53.4 Å². The number of carbonyl (C=O) groups excluding carboxylic acids is 2. The number of aromatic nitrogens is 2. The number of nitrogens with zero attached hydrogens (tertiary/aromatic N) is 4. The summed E-state index contributed by atoms with van der Waals surface area (Å²) in [4.78, 5) is 27.8. The van der Waals surface area contributed by atoms with Crippen LogP contribution in [0.25, 0.3) is 0 Å². The zero-order valence-corrected chi connectivity index (χ0v) is 19.8. The third-order valence-corrected chi connectivity index (χ3v) is 5.83. The zero-order chi connectivity index (χ0) is 27.3. The van der Waals surface area contributed by atoms with Crippen molar-refractivity contribution >= 4 is 17.8 Å². The fraction of sp³-hybridized carbons (Fsp3) is 0.280. The van der Waals surface area contributed by atoms with Crippen molar-refractivity contribution in [2.75, 3.05) is 37.6 Å². The number of alkyl halides is 5. The molecule has 0 unspecified atom stereocenters. The summed E-state index contributed by atoms with van der Waals surface area (Å²) in [5, 5.41) is 9.72. The Labute approximate surface area is 214 Å². The molecule has 200 valence electrons. The van der Waals surface area contributed by atoms with Crippen LogP contribution in [0.1, 0.15) is 21.5 Å². The fourth-order valence-electron chi connectivity index (χ4n) is 3.86. The highest BCUT2D eigenvalue weighted by Gasteiger charge is 2.36. The van der Waals surface area contributed by atoms with Gasteiger partial charge in [0, 0.05) is 37.8 Å². The van der Waals surface area contributed by atoms with Crippen molar-refractivity contribution in [1.82, 2.24) is 20.4 Å². The molecule has 2 aromatic carbocycles. The Morgan fingerprint density at radius 3 is 2.13 bits per heavy atom. The van der Waals surface area contributed by atoms with E-state index in [9.17, 15) is 31.5 Å². The van der Waals surface area contributed by atoms with Gasteiger partial charge in [0.1, 0.15) is 0 Å². The van der Waals surface area contributed by atoms with Crippen molar-refractivity contribution in [2.24, 2.45) is 0 Å². The SMILES string of the molecule is O=C(NCC(F)(F)c1ccccc1)Oc1ccc(N2CCN(C(=O)c3ccccc3C(F)(F)F)CC2)nn1. The molecule has 1 fully saturated rings. The van der Waals surface area contributed by atoms with Crippen molar-refractivity contribution in [1.29, 1.82) is 0 Å². The number of hydrogen-bond acceptors (Lipinski definition) is 6. The maximum Gasteiger partial charge on any atom is 0.417 e. The summed E-state index contributed by atoms with van der Waals surface area (Å²) in [5.41, 5.74) is -1.65. The van der Waals surface area contributed by atoms with Gasteiger partial charge in [-0.2, -0.15) is 22.0 Å². The van der Waals surface area contributed by atoms with E-state index in [-0.39, 0.29) is 37.6 Å². The van der Waals surface area contributed by atoms with Gasteiger partial charge in [-0.05, 0) is 18.2 Å². The van der Waals surface area contributed by atoms with Crippen molar-refractivity contribution in [3.05, 3.63) is 83.4 Å². The summed E-state index contributed by atoms with van der Waals surface area (Å²) in [7, 11) is 0. The number of nitrogens with one attached hydrogen (secondary N) is 1. The van der Waals surface area contributed by atoms with E-state index in [0.29, 0.717) is 5.82 Å². The predicted octanol–water partition coefficient (Wildman–Crippen LogP) is 4.34. The number of rotatable bonds is 6. The largest absolute Gasteiger partial charge is 0.417 e. The monoisotopic (exact) mass is 535 g/mol. The lowest BCUT2D eigenvalue weighted by Crippen LogP contribution is -2.49. The Hall–Kier alpha value is -4.29. The molecule has 13 heteroatoms. The number of ether oxygens (including phenoxy) is 1. The number of amides is 2. The van der Waals surface area contributed by atoms with E-state index in [2.05, 4.69) is 10.2 Å². The molecule has 0 bridgehead atoms. The van der Waals surface area contributed by atoms with Crippen molar-refractivity contribution in [3.63, 3.8) is 0 Å². The molecule has 0 spiro atoms. The average Bonchev–Trinajstić information content (AvgIpc) is 2.92. The van der Waals surface area contributed by atoms with Crippen LogP contribution in [0.3, 0.4) is 0 Å². The summed E-state index contributed by atoms with van der Waals surface area (Å²) in [6, 6.07) is 14.5. The van der Waals surface area contributed by atoms with Crippen LogP contribution in [0.4, 0.5) is 32.6 Å². The Balaban J connectivity index is 1.29. The van der Waals surface area contributed by atoms with Gasteiger partial charge in [0.2, 0.25) is 5.88 Å². The Morgan fingerprint density at radius 1 is 0.842 bits per heavy atom. The molecule has 1 aliphatic rings.